The first-order chi connectivity index (χ1) is 9.24. The summed E-state index contributed by atoms with van der Waals surface area (Å²) >= 11 is 0. The minimum Gasteiger partial charge on any atom is -0.368 e. The van der Waals surface area contributed by atoms with Gasteiger partial charge >= 0.3 is 0 Å². The lowest BCUT2D eigenvalue weighted by Gasteiger charge is -2.17. The van der Waals surface area contributed by atoms with Gasteiger partial charge in [-0.1, -0.05) is 23.4 Å². The summed E-state index contributed by atoms with van der Waals surface area (Å²) in [6.45, 7) is 1.46. The van der Waals surface area contributed by atoms with Crippen LogP contribution >= 0.6 is 0 Å². The number of nitrogens with two attached hydrogens (primary N) is 1. The van der Waals surface area contributed by atoms with Gasteiger partial charge in [0.2, 0.25) is 5.88 Å². The number of hydrogen-bond acceptors (Lipinski definition) is 4. The number of anilines is 1. The molecule has 19 heavy (non-hydrogen) atoms. The smallest absolute Gasteiger partial charge is 0.253 e. The van der Waals surface area contributed by atoms with Crippen LogP contribution in [0.25, 0.3) is 0 Å². The third kappa shape index (κ3) is 2.41. The largest absolute Gasteiger partial charge is 0.368 e. The van der Waals surface area contributed by atoms with E-state index in [-0.39, 0.29) is 11.8 Å². The van der Waals surface area contributed by atoms with Crippen LogP contribution in [0.5, 0.6) is 0 Å². The standard InChI is InChI=1S/C14H17N3O2/c15-13-8-12(16-19-13)11-6-7-17(9-11)14(18)10-4-2-1-3-5-10/h2,4-5,8,11H,1,3,6-7,9,15H2. The summed E-state index contributed by atoms with van der Waals surface area (Å²) in [5, 5.41) is 3.94. The van der Waals surface area contributed by atoms with Gasteiger partial charge in [0, 0.05) is 30.6 Å². The molecule has 0 bridgehead atoms. The number of nitrogen functional groups attached to an aromatic ring is 1. The third-order valence-corrected chi connectivity index (χ3v) is 3.68. The lowest BCUT2D eigenvalue weighted by Crippen LogP contribution is -2.29. The van der Waals surface area contributed by atoms with E-state index in [4.69, 9.17) is 10.3 Å². The van der Waals surface area contributed by atoms with Crippen molar-refractivity contribution >= 4 is 11.8 Å². The Balaban J connectivity index is 1.67. The Morgan fingerprint density at radius 2 is 2.37 bits per heavy atom. The van der Waals surface area contributed by atoms with Crippen LogP contribution in [0.2, 0.25) is 0 Å². The molecule has 1 fully saturated rings. The molecular weight excluding hydrogens is 242 g/mol. The average molecular weight is 259 g/mol. The van der Waals surface area contributed by atoms with Crippen LogP contribution in [0, 0.1) is 0 Å². The van der Waals surface area contributed by atoms with Gasteiger partial charge in [-0.25, -0.2) is 0 Å². The highest BCUT2D eigenvalue weighted by Gasteiger charge is 2.30. The van der Waals surface area contributed by atoms with Crippen molar-refractivity contribution in [2.24, 2.45) is 0 Å². The van der Waals surface area contributed by atoms with Gasteiger partial charge < -0.3 is 15.2 Å². The van der Waals surface area contributed by atoms with Crippen LogP contribution < -0.4 is 5.73 Å². The molecule has 1 saturated heterocycles. The van der Waals surface area contributed by atoms with E-state index >= 15 is 0 Å². The van der Waals surface area contributed by atoms with Gasteiger partial charge in [-0.05, 0) is 19.3 Å². The normalized spacial score (nSPS) is 22.6. The molecule has 100 valence electrons. The molecule has 0 aromatic carbocycles. The number of allylic oxidation sites excluding steroid dienone is 2. The summed E-state index contributed by atoms with van der Waals surface area (Å²) in [5.74, 6) is 0.686. The van der Waals surface area contributed by atoms with Crippen LogP contribution in [0.1, 0.15) is 30.9 Å². The van der Waals surface area contributed by atoms with Gasteiger partial charge in [0.25, 0.3) is 5.91 Å². The average Bonchev–Trinajstić information content (AvgIpc) is 3.07. The molecule has 0 spiro atoms. The second-order valence-corrected chi connectivity index (χ2v) is 5.03. The van der Waals surface area contributed by atoms with Crippen molar-refractivity contribution in [2.45, 2.75) is 25.2 Å². The van der Waals surface area contributed by atoms with Gasteiger partial charge in [-0.15, -0.1) is 0 Å². The van der Waals surface area contributed by atoms with Gasteiger partial charge in [0.15, 0.2) is 0 Å². The topological polar surface area (TPSA) is 72.4 Å². The van der Waals surface area contributed by atoms with E-state index in [0.717, 1.165) is 37.1 Å². The Hall–Kier alpha value is -2.04. The van der Waals surface area contributed by atoms with Crippen molar-refractivity contribution < 1.29 is 9.32 Å². The number of carbonyl (C=O) groups is 1. The monoisotopic (exact) mass is 259 g/mol. The van der Waals surface area contributed by atoms with Crippen LogP contribution in [-0.4, -0.2) is 29.1 Å². The van der Waals surface area contributed by atoms with Crippen molar-refractivity contribution in [3.8, 4) is 0 Å². The Kier molecular flexibility index (Phi) is 3.11. The molecule has 1 aliphatic carbocycles. The van der Waals surface area contributed by atoms with Crippen molar-refractivity contribution in [2.75, 3.05) is 18.8 Å². The van der Waals surface area contributed by atoms with Crippen molar-refractivity contribution in [1.82, 2.24) is 10.1 Å². The molecule has 2 heterocycles. The first kappa shape index (κ1) is 12.0. The maximum atomic E-state index is 12.3. The second kappa shape index (κ2) is 4.91. The zero-order chi connectivity index (χ0) is 13.2. The predicted molar refractivity (Wildman–Crippen MR) is 71.3 cm³/mol. The number of amides is 1. The maximum absolute atomic E-state index is 12.3. The summed E-state index contributed by atoms with van der Waals surface area (Å²) in [6, 6.07) is 1.75. The number of nitrogens with zero attached hydrogens (tertiary/aromatic N) is 2. The fourth-order valence-corrected chi connectivity index (χ4v) is 2.64. The van der Waals surface area contributed by atoms with Crippen LogP contribution in [0.3, 0.4) is 0 Å². The Morgan fingerprint density at radius 3 is 3.05 bits per heavy atom. The van der Waals surface area contributed by atoms with E-state index in [0.29, 0.717) is 12.4 Å². The van der Waals surface area contributed by atoms with Gasteiger partial charge in [-0.3, -0.25) is 4.79 Å². The fraction of sp³-hybridized carbons (Fsp3) is 0.429. The SMILES string of the molecule is Nc1cc(C2CCN(C(=O)C3=CCCC=C3)C2)no1. The Labute approximate surface area is 111 Å². The lowest BCUT2D eigenvalue weighted by molar-refractivity contribution is -0.125. The summed E-state index contributed by atoms with van der Waals surface area (Å²) in [5.41, 5.74) is 7.19. The van der Waals surface area contributed by atoms with Crippen LogP contribution in [0.15, 0.2) is 34.4 Å². The van der Waals surface area contributed by atoms with Crippen molar-refractivity contribution in [3.63, 3.8) is 0 Å². The Bertz CT molecular complexity index is 545. The summed E-state index contributed by atoms with van der Waals surface area (Å²) in [6.07, 6.45) is 8.89. The second-order valence-electron chi connectivity index (χ2n) is 5.03. The molecule has 3 rings (SSSR count). The minimum atomic E-state index is 0.120. The summed E-state index contributed by atoms with van der Waals surface area (Å²) in [7, 11) is 0. The molecule has 0 saturated carbocycles. The third-order valence-electron chi connectivity index (χ3n) is 3.68. The molecule has 1 aromatic heterocycles. The minimum absolute atomic E-state index is 0.120. The highest BCUT2D eigenvalue weighted by molar-refractivity contribution is 5.96. The lowest BCUT2D eigenvalue weighted by atomic mass is 10.1. The molecule has 1 amide bonds. The van der Waals surface area contributed by atoms with E-state index in [9.17, 15) is 4.79 Å². The molecule has 0 radical (unpaired) electrons. The summed E-state index contributed by atoms with van der Waals surface area (Å²) in [4.78, 5) is 14.2. The zero-order valence-corrected chi connectivity index (χ0v) is 10.7. The van der Waals surface area contributed by atoms with E-state index in [2.05, 4.69) is 11.2 Å². The molecule has 2 aliphatic rings. The zero-order valence-electron chi connectivity index (χ0n) is 10.7. The molecule has 1 unspecified atom stereocenters. The number of likely N-dealkylation sites (tertiary alicyclic amines) is 1. The van der Waals surface area contributed by atoms with E-state index in [1.165, 1.54) is 0 Å². The van der Waals surface area contributed by atoms with Crippen LogP contribution in [-0.2, 0) is 4.79 Å². The maximum Gasteiger partial charge on any atom is 0.253 e. The first-order valence-corrected chi connectivity index (χ1v) is 6.62. The molecule has 5 heteroatoms. The van der Waals surface area contributed by atoms with E-state index in [1.807, 2.05) is 17.1 Å². The highest BCUT2D eigenvalue weighted by Crippen LogP contribution is 2.28. The Morgan fingerprint density at radius 1 is 1.47 bits per heavy atom. The molecule has 2 N–H and O–H groups in total. The van der Waals surface area contributed by atoms with Gasteiger partial charge in [-0.2, -0.15) is 0 Å². The first-order valence-electron chi connectivity index (χ1n) is 6.62. The number of rotatable bonds is 2. The van der Waals surface area contributed by atoms with Gasteiger partial charge in [0.05, 0.1) is 5.69 Å². The highest BCUT2D eigenvalue weighted by atomic mass is 16.5. The molecule has 1 aromatic rings. The number of carbonyl (C=O) groups excluding carboxylic acids is 1. The molecule has 1 aliphatic heterocycles. The summed E-state index contributed by atoms with van der Waals surface area (Å²) < 4.78 is 4.89. The molecule has 5 nitrogen and oxygen atoms in total. The molecule has 1 atom stereocenters. The van der Waals surface area contributed by atoms with E-state index in [1.54, 1.807) is 6.07 Å². The van der Waals surface area contributed by atoms with Crippen molar-refractivity contribution in [1.29, 1.82) is 0 Å². The van der Waals surface area contributed by atoms with Crippen LogP contribution in [0.4, 0.5) is 5.88 Å². The van der Waals surface area contributed by atoms with E-state index < -0.39 is 0 Å². The number of hydrogen-bond donors (Lipinski definition) is 1. The number of aromatic nitrogens is 1. The quantitative estimate of drug-likeness (QED) is 0.879. The van der Waals surface area contributed by atoms with Crippen molar-refractivity contribution in [3.05, 3.63) is 35.6 Å². The predicted octanol–water partition coefficient (Wildman–Crippen LogP) is 1.85. The molecular formula is C14H17N3O2. The fourth-order valence-electron chi connectivity index (χ4n) is 2.64. The van der Waals surface area contributed by atoms with Gasteiger partial charge in [0.1, 0.15) is 0 Å².